The molecule has 0 saturated carbocycles. The molecule has 160 valence electrons. The lowest BCUT2D eigenvalue weighted by Crippen LogP contribution is -2.67. The summed E-state index contributed by atoms with van der Waals surface area (Å²) in [6, 6.07) is 3.63. The Kier molecular flexibility index (Phi) is 5.09. The van der Waals surface area contributed by atoms with Crippen molar-refractivity contribution in [1.29, 1.82) is 0 Å². The molecule has 30 heavy (non-hydrogen) atoms. The Hall–Kier alpha value is -2.12. The van der Waals surface area contributed by atoms with Crippen LogP contribution >= 0.6 is 0 Å². The minimum Gasteiger partial charge on any atom is -0.413 e. The minimum atomic E-state index is -2.01. The third-order valence-electron chi connectivity index (χ3n) is 7.22. The molecule has 1 fully saturated rings. The van der Waals surface area contributed by atoms with Crippen LogP contribution in [-0.4, -0.2) is 42.1 Å². The zero-order valence-electron chi connectivity index (χ0n) is 18.7. The molecule has 0 bridgehead atoms. The molecule has 3 heterocycles. The number of carbonyl (C=O) groups is 2. The molecule has 0 unspecified atom stereocenters. The van der Waals surface area contributed by atoms with Gasteiger partial charge in [-0.15, -0.1) is 0 Å². The van der Waals surface area contributed by atoms with E-state index in [0.717, 1.165) is 23.0 Å². The first-order valence-electron chi connectivity index (χ1n) is 10.8. The third-order valence-corrected chi connectivity index (χ3v) is 11.8. The molecule has 1 N–H and O–H groups in total. The molecule has 2 aromatic rings. The molecule has 0 spiro atoms. The quantitative estimate of drug-likeness (QED) is 0.593. The number of aromatic nitrogens is 2. The molecule has 7 heteroatoms. The second kappa shape index (κ2) is 7.23. The Bertz CT molecular complexity index is 1010. The fourth-order valence-corrected chi connectivity index (χ4v) is 5.84. The van der Waals surface area contributed by atoms with Crippen molar-refractivity contribution in [3.05, 3.63) is 35.8 Å². The average Bonchev–Trinajstić information content (AvgIpc) is 2.64. The smallest absolute Gasteiger partial charge is 0.228 e. The van der Waals surface area contributed by atoms with E-state index in [1.54, 1.807) is 12.4 Å². The lowest BCUT2D eigenvalue weighted by atomic mass is 9.71. The average molecular weight is 426 g/mol. The van der Waals surface area contributed by atoms with Gasteiger partial charge < -0.3 is 9.74 Å². The first-order valence-corrected chi connectivity index (χ1v) is 13.7. The Morgan fingerprint density at radius 3 is 2.67 bits per heavy atom. The highest BCUT2D eigenvalue weighted by Crippen LogP contribution is 2.41. The molecule has 1 amide bonds. The van der Waals surface area contributed by atoms with Gasteiger partial charge in [-0.3, -0.25) is 19.6 Å². The molecular weight excluding hydrogens is 394 g/mol. The fraction of sp³-hybridized carbons (Fsp3) is 0.565. The largest absolute Gasteiger partial charge is 0.413 e. The van der Waals surface area contributed by atoms with Crippen LogP contribution in [0.25, 0.3) is 10.9 Å². The molecular formula is C23H31N3O3Si. The van der Waals surface area contributed by atoms with Gasteiger partial charge in [-0.1, -0.05) is 20.8 Å². The number of hydrogen-bond donors (Lipinski definition) is 1. The van der Waals surface area contributed by atoms with Crippen LogP contribution in [0.1, 0.15) is 50.2 Å². The number of aryl methyl sites for hydroxylation is 1. The predicted molar refractivity (Wildman–Crippen MR) is 119 cm³/mol. The lowest BCUT2D eigenvalue weighted by molar-refractivity contribution is -0.141. The van der Waals surface area contributed by atoms with Gasteiger partial charge in [-0.25, -0.2) is 0 Å². The molecule has 1 aliphatic carbocycles. The van der Waals surface area contributed by atoms with Crippen molar-refractivity contribution in [2.45, 2.75) is 70.8 Å². The van der Waals surface area contributed by atoms with Gasteiger partial charge in [0.2, 0.25) is 5.91 Å². The highest BCUT2D eigenvalue weighted by molar-refractivity contribution is 6.74. The highest BCUT2D eigenvalue weighted by atomic mass is 28.4. The predicted octanol–water partition coefficient (Wildman–Crippen LogP) is 3.90. The maximum absolute atomic E-state index is 13.4. The Balaban J connectivity index is 1.56. The standard InChI is InChI=1S/C23H31N3O3Si/c1-13(29-30(5,6)23(2,3)4)19-20(26-22(19)28)15-7-8-17-16(21(15)27)11-14-9-10-24-12-18(14)25-17/h9-13,15,19-20H,7-8H2,1-6H3,(H,26,28)/t13-,15-,19-,20+/m1/s1. The van der Waals surface area contributed by atoms with Gasteiger partial charge in [0.25, 0.3) is 0 Å². The Morgan fingerprint density at radius 2 is 2.00 bits per heavy atom. The van der Waals surface area contributed by atoms with Gasteiger partial charge in [-0.2, -0.15) is 0 Å². The van der Waals surface area contributed by atoms with Crippen molar-refractivity contribution in [2.24, 2.45) is 11.8 Å². The number of fused-ring (bicyclic) bond motifs is 2. The van der Waals surface area contributed by atoms with E-state index in [4.69, 9.17) is 4.43 Å². The number of hydrogen-bond acceptors (Lipinski definition) is 5. The number of nitrogens with zero attached hydrogens (tertiary/aromatic N) is 2. The molecule has 2 aliphatic rings. The van der Waals surface area contributed by atoms with Crippen LogP contribution in [-0.2, 0) is 15.6 Å². The van der Waals surface area contributed by atoms with Gasteiger partial charge >= 0.3 is 0 Å². The number of β-lactam (4-membered cyclic amide) rings is 1. The second-order valence-electron chi connectivity index (χ2n) is 10.2. The first kappa shape index (κ1) is 21.1. The van der Waals surface area contributed by atoms with Crippen LogP contribution < -0.4 is 5.32 Å². The summed E-state index contributed by atoms with van der Waals surface area (Å²) in [5.74, 6) is -0.441. The summed E-state index contributed by atoms with van der Waals surface area (Å²) >= 11 is 0. The summed E-state index contributed by atoms with van der Waals surface area (Å²) in [5, 5.41) is 4.00. The van der Waals surface area contributed by atoms with Crippen molar-refractivity contribution >= 4 is 30.9 Å². The highest BCUT2D eigenvalue weighted by Gasteiger charge is 2.52. The minimum absolute atomic E-state index is 0.00693. The summed E-state index contributed by atoms with van der Waals surface area (Å²) < 4.78 is 6.51. The van der Waals surface area contributed by atoms with Gasteiger partial charge in [0.1, 0.15) is 0 Å². The molecule has 6 nitrogen and oxygen atoms in total. The SMILES string of the molecule is C[C@@H](O[Si](C)(C)C(C)(C)C)[C@H]1C(=O)N[C@H]1[C@H]1CCc2nc3cnccc3cc2C1=O. The summed E-state index contributed by atoms with van der Waals surface area (Å²) in [4.78, 5) is 34.6. The molecule has 0 radical (unpaired) electrons. The molecule has 4 atom stereocenters. The second-order valence-corrected chi connectivity index (χ2v) is 15.0. The Labute approximate surface area is 179 Å². The summed E-state index contributed by atoms with van der Waals surface area (Å²) in [7, 11) is -2.01. The van der Waals surface area contributed by atoms with Crippen LogP contribution in [0.15, 0.2) is 24.5 Å². The summed E-state index contributed by atoms with van der Waals surface area (Å²) in [5.41, 5.74) is 2.33. The molecule has 2 aromatic heterocycles. The number of carbonyl (C=O) groups excluding carboxylic acids is 2. The lowest BCUT2D eigenvalue weighted by Gasteiger charge is -2.48. The monoisotopic (exact) mass is 425 g/mol. The first-order chi connectivity index (χ1) is 14.0. The summed E-state index contributed by atoms with van der Waals surface area (Å²) in [6.45, 7) is 13.0. The van der Waals surface area contributed by atoms with Gasteiger partial charge in [0.15, 0.2) is 14.1 Å². The van der Waals surface area contributed by atoms with E-state index < -0.39 is 8.32 Å². The molecule has 0 aromatic carbocycles. The van der Waals surface area contributed by atoms with Crippen molar-refractivity contribution in [1.82, 2.24) is 15.3 Å². The topological polar surface area (TPSA) is 81.2 Å². The van der Waals surface area contributed by atoms with Crippen molar-refractivity contribution in [3.63, 3.8) is 0 Å². The van der Waals surface area contributed by atoms with Crippen molar-refractivity contribution < 1.29 is 14.0 Å². The van der Waals surface area contributed by atoms with E-state index in [-0.39, 0.29) is 40.7 Å². The number of rotatable bonds is 4. The van der Waals surface area contributed by atoms with E-state index in [1.807, 2.05) is 19.1 Å². The van der Waals surface area contributed by atoms with Crippen LogP contribution in [0, 0.1) is 11.8 Å². The zero-order valence-corrected chi connectivity index (χ0v) is 19.7. The van der Waals surface area contributed by atoms with Crippen molar-refractivity contribution in [2.75, 3.05) is 0 Å². The van der Waals surface area contributed by atoms with Crippen LogP contribution in [0.3, 0.4) is 0 Å². The Morgan fingerprint density at radius 1 is 1.27 bits per heavy atom. The normalized spacial score (nSPS) is 25.5. The maximum Gasteiger partial charge on any atom is 0.228 e. The van der Waals surface area contributed by atoms with Crippen LogP contribution in [0.5, 0.6) is 0 Å². The van der Waals surface area contributed by atoms with Gasteiger partial charge in [-0.05, 0) is 50.0 Å². The number of Topliss-reactive ketones (excluding diaryl/α,β-unsaturated/α-hetero) is 1. The fourth-order valence-electron chi connectivity index (χ4n) is 4.41. The number of pyridine rings is 2. The van der Waals surface area contributed by atoms with E-state index in [2.05, 4.69) is 49.1 Å². The zero-order chi connectivity index (χ0) is 21.8. The van der Waals surface area contributed by atoms with E-state index in [0.29, 0.717) is 12.0 Å². The number of ketones is 1. The van der Waals surface area contributed by atoms with E-state index in [1.165, 1.54) is 0 Å². The molecule has 1 saturated heterocycles. The van der Waals surface area contributed by atoms with Gasteiger partial charge in [0.05, 0.1) is 35.5 Å². The van der Waals surface area contributed by atoms with Gasteiger partial charge in [0, 0.05) is 23.1 Å². The molecule has 1 aliphatic heterocycles. The number of nitrogens with one attached hydrogen (secondary N) is 1. The van der Waals surface area contributed by atoms with E-state index >= 15 is 0 Å². The van der Waals surface area contributed by atoms with Crippen molar-refractivity contribution in [3.8, 4) is 0 Å². The van der Waals surface area contributed by atoms with Crippen LogP contribution in [0.2, 0.25) is 18.1 Å². The van der Waals surface area contributed by atoms with Crippen LogP contribution in [0.4, 0.5) is 0 Å². The molecule has 4 rings (SSSR count). The van der Waals surface area contributed by atoms with E-state index in [9.17, 15) is 9.59 Å². The summed E-state index contributed by atoms with van der Waals surface area (Å²) in [6.07, 6.45) is 4.66. The maximum atomic E-state index is 13.4. The number of amides is 1. The third kappa shape index (κ3) is 3.48.